The van der Waals surface area contributed by atoms with Crippen LogP contribution in [0.1, 0.15) is 11.1 Å². The minimum absolute atomic E-state index is 0.0202. The normalized spacial score (nSPS) is 9.67. The van der Waals surface area contributed by atoms with Gasteiger partial charge in [0.1, 0.15) is 6.54 Å². The van der Waals surface area contributed by atoms with E-state index in [0.717, 1.165) is 11.3 Å². The molecule has 1 amide bonds. The maximum Gasteiger partial charge on any atom is 0.325 e. The molecule has 3 N–H and O–H groups in total. The molecule has 0 unspecified atom stereocenters. The topological polar surface area (TPSA) is 79.5 Å². The number of thiocarbonyl (C=S) groups is 1. The molecule has 1 aromatic rings. The van der Waals surface area contributed by atoms with E-state index in [1.165, 1.54) is 12.7 Å². The van der Waals surface area contributed by atoms with E-state index in [1.54, 1.807) is 0 Å². The molecule has 0 atom stereocenters. The largest absolute Gasteiger partial charge is 0.468 e. The first-order valence-corrected chi connectivity index (χ1v) is 6.79. The van der Waals surface area contributed by atoms with Gasteiger partial charge in [-0.05, 0) is 49.3 Å². The first-order chi connectivity index (χ1) is 9.92. The van der Waals surface area contributed by atoms with Crippen LogP contribution in [0.25, 0.3) is 0 Å². The SMILES string of the molecule is COC(=O)CNC(=O)CNC(=S)Nc1ccc(C)c(C)c1. The van der Waals surface area contributed by atoms with Crippen molar-refractivity contribution >= 4 is 34.9 Å². The van der Waals surface area contributed by atoms with E-state index in [0.29, 0.717) is 5.11 Å². The third-order valence-corrected chi connectivity index (χ3v) is 3.08. The van der Waals surface area contributed by atoms with Gasteiger partial charge < -0.3 is 20.7 Å². The third kappa shape index (κ3) is 6.22. The summed E-state index contributed by atoms with van der Waals surface area (Å²) in [5.41, 5.74) is 3.20. The maximum absolute atomic E-state index is 11.5. The summed E-state index contributed by atoms with van der Waals surface area (Å²) < 4.78 is 4.41. The van der Waals surface area contributed by atoms with Gasteiger partial charge >= 0.3 is 5.97 Å². The molecule has 0 aliphatic heterocycles. The first-order valence-electron chi connectivity index (χ1n) is 6.38. The lowest BCUT2D eigenvalue weighted by Gasteiger charge is -2.11. The standard InChI is InChI=1S/C14H19N3O3S/c1-9-4-5-11(6-10(9)2)17-14(21)16-7-12(18)15-8-13(19)20-3/h4-6H,7-8H2,1-3H3,(H,15,18)(H2,16,17,21). The molecule has 0 bridgehead atoms. The molecule has 0 spiro atoms. The van der Waals surface area contributed by atoms with Crippen molar-refractivity contribution in [2.75, 3.05) is 25.5 Å². The Bertz CT molecular complexity index is 546. The second kappa shape index (κ2) is 8.21. The van der Waals surface area contributed by atoms with E-state index in [9.17, 15) is 9.59 Å². The summed E-state index contributed by atoms with van der Waals surface area (Å²) in [5.74, 6) is -0.844. The molecule has 1 rings (SSSR count). The Balaban J connectivity index is 2.35. The predicted octanol–water partition coefficient (Wildman–Crippen LogP) is 0.879. The van der Waals surface area contributed by atoms with Crippen LogP contribution in [0.3, 0.4) is 0 Å². The third-order valence-electron chi connectivity index (χ3n) is 2.83. The summed E-state index contributed by atoms with van der Waals surface area (Å²) >= 11 is 5.10. The van der Waals surface area contributed by atoms with Crippen LogP contribution in [0.4, 0.5) is 5.69 Å². The van der Waals surface area contributed by atoms with Crippen LogP contribution in [0.2, 0.25) is 0 Å². The van der Waals surface area contributed by atoms with Crippen LogP contribution in [0.15, 0.2) is 18.2 Å². The van der Waals surface area contributed by atoms with Crippen LogP contribution in [-0.2, 0) is 14.3 Å². The number of nitrogens with one attached hydrogen (secondary N) is 3. The molecule has 1 aromatic carbocycles. The number of carbonyl (C=O) groups excluding carboxylic acids is 2. The number of aryl methyl sites for hydroxylation is 2. The number of anilines is 1. The van der Waals surface area contributed by atoms with E-state index in [-0.39, 0.29) is 19.0 Å². The van der Waals surface area contributed by atoms with Gasteiger partial charge in [0, 0.05) is 5.69 Å². The Morgan fingerprint density at radius 2 is 1.86 bits per heavy atom. The van der Waals surface area contributed by atoms with Gasteiger partial charge in [0.25, 0.3) is 0 Å². The molecule has 0 saturated carbocycles. The molecular formula is C14H19N3O3S. The summed E-state index contributed by atoms with van der Waals surface area (Å²) in [5, 5.41) is 8.50. The van der Waals surface area contributed by atoms with Gasteiger partial charge in [-0.1, -0.05) is 6.07 Å². The predicted molar refractivity (Wildman–Crippen MR) is 85.2 cm³/mol. The summed E-state index contributed by atoms with van der Waals surface area (Å²) in [4.78, 5) is 22.3. The second-order valence-electron chi connectivity index (χ2n) is 4.46. The van der Waals surface area contributed by atoms with Crippen molar-refractivity contribution in [1.29, 1.82) is 0 Å². The van der Waals surface area contributed by atoms with Crippen molar-refractivity contribution < 1.29 is 14.3 Å². The Morgan fingerprint density at radius 3 is 2.48 bits per heavy atom. The van der Waals surface area contributed by atoms with Crippen LogP contribution >= 0.6 is 12.2 Å². The van der Waals surface area contributed by atoms with Crippen LogP contribution < -0.4 is 16.0 Å². The van der Waals surface area contributed by atoms with Crippen molar-refractivity contribution in [3.63, 3.8) is 0 Å². The van der Waals surface area contributed by atoms with E-state index in [2.05, 4.69) is 20.7 Å². The zero-order chi connectivity index (χ0) is 15.8. The van der Waals surface area contributed by atoms with Gasteiger partial charge in [-0.15, -0.1) is 0 Å². The molecule has 0 fully saturated rings. The highest BCUT2D eigenvalue weighted by Gasteiger charge is 2.06. The highest BCUT2D eigenvalue weighted by Crippen LogP contribution is 2.13. The van der Waals surface area contributed by atoms with Crippen molar-refractivity contribution in [2.45, 2.75) is 13.8 Å². The van der Waals surface area contributed by atoms with Crippen LogP contribution in [0.5, 0.6) is 0 Å². The summed E-state index contributed by atoms with van der Waals surface area (Å²) in [6.07, 6.45) is 0. The number of methoxy groups -OCH3 is 1. The van der Waals surface area contributed by atoms with Crippen molar-refractivity contribution in [2.24, 2.45) is 0 Å². The molecule has 7 heteroatoms. The van der Waals surface area contributed by atoms with E-state index in [4.69, 9.17) is 12.2 Å². The van der Waals surface area contributed by atoms with E-state index < -0.39 is 5.97 Å². The summed E-state index contributed by atoms with van der Waals surface area (Å²) in [7, 11) is 1.26. The molecular weight excluding hydrogens is 290 g/mol. The van der Waals surface area contributed by atoms with E-state index in [1.807, 2.05) is 32.0 Å². The fraction of sp³-hybridized carbons (Fsp3) is 0.357. The lowest BCUT2D eigenvalue weighted by Crippen LogP contribution is -2.40. The Kier molecular flexibility index (Phi) is 6.61. The molecule has 0 heterocycles. The number of esters is 1. The molecule has 21 heavy (non-hydrogen) atoms. The Morgan fingerprint density at radius 1 is 1.14 bits per heavy atom. The lowest BCUT2D eigenvalue weighted by molar-refractivity contribution is -0.141. The van der Waals surface area contributed by atoms with Crippen molar-refractivity contribution in [1.82, 2.24) is 10.6 Å². The first kappa shape index (κ1) is 16.9. The van der Waals surface area contributed by atoms with Gasteiger partial charge in [-0.2, -0.15) is 0 Å². The number of rotatable bonds is 5. The van der Waals surface area contributed by atoms with Crippen molar-refractivity contribution in [3.05, 3.63) is 29.3 Å². The molecule has 114 valence electrons. The zero-order valence-electron chi connectivity index (χ0n) is 12.3. The quantitative estimate of drug-likeness (QED) is 0.553. The second-order valence-corrected chi connectivity index (χ2v) is 4.87. The zero-order valence-corrected chi connectivity index (χ0v) is 13.1. The lowest BCUT2D eigenvalue weighted by atomic mass is 10.1. The van der Waals surface area contributed by atoms with Gasteiger partial charge in [-0.25, -0.2) is 0 Å². The molecule has 6 nitrogen and oxygen atoms in total. The van der Waals surface area contributed by atoms with Gasteiger partial charge in [0.15, 0.2) is 5.11 Å². The Hall–Kier alpha value is -2.15. The van der Waals surface area contributed by atoms with Gasteiger partial charge in [-0.3, -0.25) is 9.59 Å². The fourth-order valence-corrected chi connectivity index (χ4v) is 1.65. The molecule has 0 aliphatic rings. The fourth-order valence-electron chi connectivity index (χ4n) is 1.46. The average Bonchev–Trinajstić information content (AvgIpc) is 2.46. The highest BCUT2D eigenvalue weighted by molar-refractivity contribution is 7.80. The number of benzene rings is 1. The minimum Gasteiger partial charge on any atom is -0.468 e. The van der Waals surface area contributed by atoms with Crippen LogP contribution in [0, 0.1) is 13.8 Å². The van der Waals surface area contributed by atoms with Gasteiger partial charge in [0.05, 0.1) is 13.7 Å². The number of amides is 1. The number of hydrogen-bond acceptors (Lipinski definition) is 4. The van der Waals surface area contributed by atoms with Gasteiger partial charge in [0.2, 0.25) is 5.91 Å². The molecule has 0 saturated heterocycles. The van der Waals surface area contributed by atoms with Crippen molar-refractivity contribution in [3.8, 4) is 0 Å². The summed E-state index contributed by atoms with van der Waals surface area (Å²) in [6, 6.07) is 5.87. The number of carbonyl (C=O) groups is 2. The monoisotopic (exact) mass is 309 g/mol. The maximum atomic E-state index is 11.5. The summed E-state index contributed by atoms with van der Waals surface area (Å²) in [6.45, 7) is 3.86. The average molecular weight is 309 g/mol. The highest BCUT2D eigenvalue weighted by atomic mass is 32.1. The molecule has 0 radical (unpaired) electrons. The number of hydrogen-bond donors (Lipinski definition) is 3. The minimum atomic E-state index is -0.501. The number of ether oxygens (including phenoxy) is 1. The Labute approximate surface area is 129 Å². The molecule has 0 aromatic heterocycles. The van der Waals surface area contributed by atoms with Crippen LogP contribution in [-0.4, -0.2) is 37.2 Å². The van der Waals surface area contributed by atoms with E-state index >= 15 is 0 Å². The smallest absolute Gasteiger partial charge is 0.325 e. The molecule has 0 aliphatic carbocycles.